The maximum atomic E-state index is 11.0. The summed E-state index contributed by atoms with van der Waals surface area (Å²) in [6.07, 6.45) is 9.59. The summed E-state index contributed by atoms with van der Waals surface area (Å²) < 4.78 is 6.28. The second-order valence-electron chi connectivity index (χ2n) is 6.88. The van der Waals surface area contributed by atoms with Crippen molar-refractivity contribution in [1.82, 2.24) is 4.90 Å². The Morgan fingerprint density at radius 1 is 1.09 bits per heavy atom. The zero-order chi connectivity index (χ0) is 16.1. The fourth-order valence-electron chi connectivity index (χ4n) is 3.74. The van der Waals surface area contributed by atoms with Crippen molar-refractivity contribution in [2.75, 3.05) is 13.1 Å². The van der Waals surface area contributed by atoms with Crippen LogP contribution in [0, 0.1) is 0 Å². The minimum atomic E-state index is -0.855. The largest absolute Gasteiger partial charge is 0.478 e. The molecule has 2 aliphatic rings. The predicted octanol–water partition coefficient (Wildman–Crippen LogP) is 3.70. The molecule has 1 saturated carbocycles. The van der Waals surface area contributed by atoms with Crippen molar-refractivity contribution in [2.45, 2.75) is 63.7 Å². The number of carbonyl (C=O) groups is 1. The predicted molar refractivity (Wildman–Crippen MR) is 89.7 cm³/mol. The smallest absolute Gasteiger partial charge is 0.335 e. The van der Waals surface area contributed by atoms with Gasteiger partial charge in [-0.2, -0.15) is 0 Å². The molecule has 3 rings (SSSR count). The van der Waals surface area contributed by atoms with Gasteiger partial charge in [0.25, 0.3) is 0 Å². The van der Waals surface area contributed by atoms with Crippen LogP contribution in [0.25, 0.3) is 0 Å². The number of carboxylic acid groups (broad SMARTS) is 1. The maximum absolute atomic E-state index is 11.0. The lowest BCUT2D eigenvalue weighted by Gasteiger charge is -2.35. The first-order valence-corrected chi connectivity index (χ1v) is 8.91. The Morgan fingerprint density at radius 2 is 1.78 bits per heavy atom. The lowest BCUT2D eigenvalue weighted by Crippen LogP contribution is -2.38. The van der Waals surface area contributed by atoms with Crippen molar-refractivity contribution >= 4 is 5.97 Å². The van der Waals surface area contributed by atoms with Crippen LogP contribution >= 0.6 is 0 Å². The van der Waals surface area contributed by atoms with Crippen LogP contribution in [0.1, 0.15) is 60.9 Å². The normalized spacial score (nSPS) is 21.4. The van der Waals surface area contributed by atoms with Crippen LogP contribution in [-0.4, -0.2) is 41.3 Å². The third kappa shape index (κ3) is 4.79. The average Bonchev–Trinajstić information content (AvgIpc) is 2.58. The van der Waals surface area contributed by atoms with Crippen molar-refractivity contribution in [1.29, 1.82) is 0 Å². The van der Waals surface area contributed by atoms with E-state index in [1.54, 1.807) is 12.1 Å². The van der Waals surface area contributed by atoms with Gasteiger partial charge < -0.3 is 9.84 Å². The van der Waals surface area contributed by atoms with E-state index in [2.05, 4.69) is 4.90 Å². The van der Waals surface area contributed by atoms with Crippen LogP contribution in [0.2, 0.25) is 0 Å². The Morgan fingerprint density at radius 3 is 2.48 bits per heavy atom. The SMILES string of the molecule is O=C(O)c1cccc(CN2CCC(OC3CCCCC3)CC2)c1. The number of ether oxygens (including phenoxy) is 1. The van der Waals surface area contributed by atoms with Crippen LogP contribution in [0.3, 0.4) is 0 Å². The first-order chi connectivity index (χ1) is 11.2. The molecule has 1 saturated heterocycles. The van der Waals surface area contributed by atoms with Gasteiger partial charge in [0.2, 0.25) is 0 Å². The van der Waals surface area contributed by atoms with Gasteiger partial charge in [-0.3, -0.25) is 4.90 Å². The van der Waals surface area contributed by atoms with Gasteiger partial charge in [-0.05, 0) is 43.4 Å². The van der Waals surface area contributed by atoms with Crippen LogP contribution in [-0.2, 0) is 11.3 Å². The van der Waals surface area contributed by atoms with E-state index in [4.69, 9.17) is 9.84 Å². The Hall–Kier alpha value is -1.39. The van der Waals surface area contributed by atoms with E-state index in [1.807, 2.05) is 12.1 Å². The highest BCUT2D eigenvalue weighted by atomic mass is 16.5. The molecule has 126 valence electrons. The monoisotopic (exact) mass is 317 g/mol. The van der Waals surface area contributed by atoms with Crippen molar-refractivity contribution < 1.29 is 14.6 Å². The number of hydrogen-bond donors (Lipinski definition) is 1. The number of piperidine rings is 1. The molecule has 23 heavy (non-hydrogen) atoms. The van der Waals surface area contributed by atoms with E-state index in [1.165, 1.54) is 32.1 Å². The Labute approximate surface area is 138 Å². The second kappa shape index (κ2) is 7.93. The number of aromatic carboxylic acids is 1. The summed E-state index contributed by atoms with van der Waals surface area (Å²) in [5.41, 5.74) is 1.45. The van der Waals surface area contributed by atoms with Crippen LogP contribution in [0.4, 0.5) is 0 Å². The highest BCUT2D eigenvalue weighted by molar-refractivity contribution is 5.87. The highest BCUT2D eigenvalue weighted by Gasteiger charge is 2.24. The van der Waals surface area contributed by atoms with Crippen molar-refractivity contribution in [3.05, 3.63) is 35.4 Å². The topological polar surface area (TPSA) is 49.8 Å². The van der Waals surface area contributed by atoms with E-state index < -0.39 is 5.97 Å². The van der Waals surface area contributed by atoms with Gasteiger partial charge in [0.05, 0.1) is 17.8 Å². The molecular formula is C19H27NO3. The molecule has 0 bridgehead atoms. The summed E-state index contributed by atoms with van der Waals surface area (Å²) in [7, 11) is 0. The highest BCUT2D eigenvalue weighted by Crippen LogP contribution is 2.25. The number of hydrogen-bond acceptors (Lipinski definition) is 3. The van der Waals surface area contributed by atoms with Gasteiger partial charge >= 0.3 is 5.97 Å². The molecule has 0 radical (unpaired) electrons. The molecule has 1 aromatic rings. The molecule has 1 aliphatic carbocycles. The number of likely N-dealkylation sites (tertiary alicyclic amines) is 1. The Balaban J connectivity index is 1.45. The Bertz CT molecular complexity index is 517. The zero-order valence-corrected chi connectivity index (χ0v) is 13.7. The van der Waals surface area contributed by atoms with E-state index in [-0.39, 0.29) is 0 Å². The molecule has 2 fully saturated rings. The van der Waals surface area contributed by atoms with Gasteiger partial charge in [0.15, 0.2) is 0 Å². The maximum Gasteiger partial charge on any atom is 0.335 e. The second-order valence-corrected chi connectivity index (χ2v) is 6.88. The molecule has 0 unspecified atom stereocenters. The summed E-state index contributed by atoms with van der Waals surface area (Å²) >= 11 is 0. The number of rotatable bonds is 5. The van der Waals surface area contributed by atoms with Gasteiger partial charge in [0.1, 0.15) is 0 Å². The van der Waals surface area contributed by atoms with Gasteiger partial charge in [0, 0.05) is 19.6 Å². The standard InChI is InChI=1S/C19H27NO3/c21-19(22)16-6-4-5-15(13-16)14-20-11-9-18(10-12-20)23-17-7-2-1-3-8-17/h4-6,13,17-18H,1-3,7-12,14H2,(H,21,22). The molecule has 4 heteroatoms. The van der Waals surface area contributed by atoms with Crippen molar-refractivity contribution in [2.24, 2.45) is 0 Å². The van der Waals surface area contributed by atoms with Crippen molar-refractivity contribution in [3.8, 4) is 0 Å². The summed E-state index contributed by atoms with van der Waals surface area (Å²) in [5.74, 6) is -0.855. The number of nitrogens with zero attached hydrogens (tertiary/aromatic N) is 1. The molecule has 1 heterocycles. The van der Waals surface area contributed by atoms with E-state index in [0.29, 0.717) is 17.8 Å². The van der Waals surface area contributed by atoms with Gasteiger partial charge in [-0.15, -0.1) is 0 Å². The summed E-state index contributed by atoms with van der Waals surface area (Å²) in [5, 5.41) is 9.08. The number of carboxylic acids is 1. The molecule has 0 atom stereocenters. The molecule has 1 N–H and O–H groups in total. The minimum absolute atomic E-state index is 0.373. The average molecular weight is 317 g/mol. The first-order valence-electron chi connectivity index (χ1n) is 8.91. The third-order valence-electron chi connectivity index (χ3n) is 5.05. The quantitative estimate of drug-likeness (QED) is 0.899. The summed E-state index contributed by atoms with van der Waals surface area (Å²) in [6.45, 7) is 2.90. The third-order valence-corrected chi connectivity index (χ3v) is 5.05. The van der Waals surface area contributed by atoms with Gasteiger partial charge in [-0.25, -0.2) is 4.79 Å². The first kappa shape index (κ1) is 16.5. The van der Waals surface area contributed by atoms with E-state index in [0.717, 1.165) is 38.0 Å². The zero-order valence-electron chi connectivity index (χ0n) is 13.7. The molecular weight excluding hydrogens is 290 g/mol. The molecule has 0 amide bonds. The molecule has 4 nitrogen and oxygen atoms in total. The summed E-state index contributed by atoms with van der Waals surface area (Å²) in [4.78, 5) is 13.5. The fourth-order valence-corrected chi connectivity index (χ4v) is 3.74. The lowest BCUT2D eigenvalue weighted by atomic mass is 9.97. The fraction of sp³-hybridized carbons (Fsp3) is 0.632. The van der Waals surface area contributed by atoms with Crippen LogP contribution in [0.15, 0.2) is 24.3 Å². The minimum Gasteiger partial charge on any atom is -0.478 e. The molecule has 0 aromatic heterocycles. The lowest BCUT2D eigenvalue weighted by molar-refractivity contribution is -0.0565. The number of benzene rings is 1. The van der Waals surface area contributed by atoms with E-state index >= 15 is 0 Å². The Kier molecular flexibility index (Phi) is 5.68. The van der Waals surface area contributed by atoms with E-state index in [9.17, 15) is 4.79 Å². The summed E-state index contributed by atoms with van der Waals surface area (Å²) in [6, 6.07) is 7.28. The molecule has 1 aromatic carbocycles. The molecule has 0 spiro atoms. The van der Waals surface area contributed by atoms with Crippen molar-refractivity contribution in [3.63, 3.8) is 0 Å². The van der Waals surface area contributed by atoms with Crippen LogP contribution in [0.5, 0.6) is 0 Å². The molecule has 1 aliphatic heterocycles. The van der Waals surface area contributed by atoms with Crippen LogP contribution < -0.4 is 0 Å². The van der Waals surface area contributed by atoms with Gasteiger partial charge in [-0.1, -0.05) is 31.4 Å².